The smallest absolute Gasteiger partial charge is 0.338 e. The summed E-state index contributed by atoms with van der Waals surface area (Å²) in [6.45, 7) is 0. The first-order valence-electron chi connectivity index (χ1n) is 8.29. The number of halogens is 1. The Kier molecular flexibility index (Phi) is 4.94. The van der Waals surface area contributed by atoms with E-state index in [1.54, 1.807) is 6.20 Å². The first-order chi connectivity index (χ1) is 12.0. The Morgan fingerprint density at radius 1 is 1.24 bits per heavy atom. The molecule has 2 aromatic rings. The molecule has 2 atom stereocenters. The minimum atomic E-state index is -1.33. The van der Waals surface area contributed by atoms with Crippen LogP contribution in [-0.2, 0) is 0 Å². The van der Waals surface area contributed by atoms with Crippen LogP contribution in [0.15, 0.2) is 24.4 Å². The molecule has 6 nitrogen and oxygen atoms in total. The molecule has 1 saturated carbocycles. The number of rotatable bonds is 3. The minimum absolute atomic E-state index is 0.167. The Morgan fingerprint density at radius 3 is 2.76 bits per heavy atom. The SMILES string of the molecule is Nc1ncc([C@H]2CCC[C@H](O)CC2)nc1-c1ccc(C(=O)O)c(F)c1. The summed E-state index contributed by atoms with van der Waals surface area (Å²) in [7, 11) is 0. The van der Waals surface area contributed by atoms with Crippen LogP contribution in [0.25, 0.3) is 11.3 Å². The second-order valence-corrected chi connectivity index (χ2v) is 6.39. The van der Waals surface area contributed by atoms with Gasteiger partial charge in [0.15, 0.2) is 0 Å². The summed E-state index contributed by atoms with van der Waals surface area (Å²) >= 11 is 0. The lowest BCUT2D eigenvalue weighted by Crippen LogP contribution is -2.07. The number of aliphatic hydroxyl groups excluding tert-OH is 1. The molecule has 132 valence electrons. The van der Waals surface area contributed by atoms with Crippen LogP contribution in [0.2, 0.25) is 0 Å². The van der Waals surface area contributed by atoms with Crippen LogP contribution in [0, 0.1) is 5.82 Å². The number of nitrogen functional groups attached to an aromatic ring is 1. The van der Waals surface area contributed by atoms with Crippen molar-refractivity contribution in [2.75, 3.05) is 5.73 Å². The summed E-state index contributed by atoms with van der Waals surface area (Å²) in [5, 5.41) is 18.7. The molecule has 0 spiro atoms. The monoisotopic (exact) mass is 345 g/mol. The van der Waals surface area contributed by atoms with E-state index in [9.17, 15) is 14.3 Å². The summed E-state index contributed by atoms with van der Waals surface area (Å²) < 4.78 is 14.0. The number of nitrogens with zero attached hydrogens (tertiary/aromatic N) is 2. The number of aromatic carboxylic acids is 1. The maximum absolute atomic E-state index is 14.0. The quantitative estimate of drug-likeness (QED) is 0.738. The largest absolute Gasteiger partial charge is 0.478 e. The third-order valence-electron chi connectivity index (χ3n) is 4.65. The molecule has 7 heteroatoms. The van der Waals surface area contributed by atoms with Crippen LogP contribution in [-0.4, -0.2) is 32.3 Å². The Hall–Kier alpha value is -2.54. The van der Waals surface area contributed by atoms with E-state index < -0.39 is 17.3 Å². The van der Waals surface area contributed by atoms with Crippen LogP contribution in [0.4, 0.5) is 10.2 Å². The van der Waals surface area contributed by atoms with Crippen molar-refractivity contribution in [3.8, 4) is 11.3 Å². The fraction of sp³-hybridized carbons (Fsp3) is 0.389. The molecule has 25 heavy (non-hydrogen) atoms. The zero-order valence-corrected chi connectivity index (χ0v) is 13.7. The van der Waals surface area contributed by atoms with Gasteiger partial charge in [-0.1, -0.05) is 12.5 Å². The third kappa shape index (κ3) is 3.76. The number of benzene rings is 1. The average Bonchev–Trinajstić information content (AvgIpc) is 2.79. The van der Waals surface area contributed by atoms with E-state index in [1.165, 1.54) is 12.1 Å². The highest BCUT2D eigenvalue weighted by atomic mass is 19.1. The van der Waals surface area contributed by atoms with Gasteiger partial charge in [0.25, 0.3) is 0 Å². The molecule has 1 heterocycles. The summed E-state index contributed by atoms with van der Waals surface area (Å²) in [5.41, 5.74) is 7.00. The molecule has 0 bridgehead atoms. The van der Waals surface area contributed by atoms with E-state index in [0.29, 0.717) is 17.7 Å². The van der Waals surface area contributed by atoms with E-state index in [0.717, 1.165) is 37.4 Å². The molecular formula is C18H20FN3O3. The number of carboxylic acid groups (broad SMARTS) is 1. The van der Waals surface area contributed by atoms with Crippen molar-refractivity contribution in [2.24, 2.45) is 0 Å². The highest BCUT2D eigenvalue weighted by Crippen LogP contribution is 2.33. The van der Waals surface area contributed by atoms with Crippen molar-refractivity contribution in [1.29, 1.82) is 0 Å². The van der Waals surface area contributed by atoms with Crippen LogP contribution in [0.5, 0.6) is 0 Å². The van der Waals surface area contributed by atoms with Gasteiger partial charge in [-0.2, -0.15) is 0 Å². The van der Waals surface area contributed by atoms with E-state index in [-0.39, 0.29) is 17.8 Å². The molecule has 1 aliphatic carbocycles. The normalized spacial score (nSPS) is 20.9. The van der Waals surface area contributed by atoms with Gasteiger partial charge in [0.05, 0.1) is 23.6 Å². The standard InChI is InChI=1S/C18H20FN3O3/c19-14-8-11(5-7-13(14)18(24)25)16-17(20)21-9-15(22-16)10-2-1-3-12(23)6-4-10/h5,7-10,12,23H,1-4,6H2,(H2,20,21)(H,24,25)/t10-,12-/m0/s1. The maximum Gasteiger partial charge on any atom is 0.338 e. The number of carbonyl (C=O) groups is 1. The van der Waals surface area contributed by atoms with Crippen LogP contribution in [0.1, 0.15) is 54.1 Å². The number of hydrogen-bond acceptors (Lipinski definition) is 5. The molecule has 1 aromatic carbocycles. The van der Waals surface area contributed by atoms with E-state index in [2.05, 4.69) is 9.97 Å². The van der Waals surface area contributed by atoms with E-state index >= 15 is 0 Å². The molecule has 0 saturated heterocycles. The average molecular weight is 345 g/mol. The molecule has 0 radical (unpaired) electrons. The summed E-state index contributed by atoms with van der Waals surface area (Å²) in [5.74, 6) is -1.82. The van der Waals surface area contributed by atoms with Crippen LogP contribution < -0.4 is 5.73 Å². The lowest BCUT2D eigenvalue weighted by molar-refractivity contribution is 0.0692. The third-order valence-corrected chi connectivity index (χ3v) is 4.65. The Balaban J connectivity index is 1.94. The molecular weight excluding hydrogens is 325 g/mol. The fourth-order valence-electron chi connectivity index (χ4n) is 3.23. The first-order valence-corrected chi connectivity index (χ1v) is 8.29. The van der Waals surface area contributed by atoms with Gasteiger partial charge in [-0.15, -0.1) is 0 Å². The lowest BCUT2D eigenvalue weighted by atomic mass is 9.96. The molecule has 0 aliphatic heterocycles. The second-order valence-electron chi connectivity index (χ2n) is 6.39. The van der Waals surface area contributed by atoms with Crippen molar-refractivity contribution in [1.82, 2.24) is 9.97 Å². The predicted molar refractivity (Wildman–Crippen MR) is 90.6 cm³/mol. The van der Waals surface area contributed by atoms with E-state index in [1.807, 2.05) is 0 Å². The van der Waals surface area contributed by atoms with Gasteiger partial charge < -0.3 is 15.9 Å². The number of aromatic nitrogens is 2. The van der Waals surface area contributed by atoms with Crippen molar-refractivity contribution < 1.29 is 19.4 Å². The number of anilines is 1. The minimum Gasteiger partial charge on any atom is -0.478 e. The van der Waals surface area contributed by atoms with Crippen LogP contribution in [0.3, 0.4) is 0 Å². The zero-order valence-electron chi connectivity index (χ0n) is 13.7. The highest BCUT2D eigenvalue weighted by molar-refractivity contribution is 5.88. The van der Waals surface area contributed by atoms with Gasteiger partial charge in [0.2, 0.25) is 0 Å². The predicted octanol–water partition coefficient (Wildman–Crippen LogP) is 2.97. The number of hydrogen-bond donors (Lipinski definition) is 3. The Labute approximate surface area is 144 Å². The Bertz CT molecular complexity index is 797. The zero-order chi connectivity index (χ0) is 18.0. The number of carboxylic acids is 1. The topological polar surface area (TPSA) is 109 Å². The number of nitrogens with two attached hydrogens (primary N) is 1. The van der Waals surface area contributed by atoms with Crippen molar-refractivity contribution >= 4 is 11.8 Å². The molecule has 1 aliphatic rings. The Morgan fingerprint density at radius 2 is 2.04 bits per heavy atom. The molecule has 1 fully saturated rings. The summed E-state index contributed by atoms with van der Waals surface area (Å²) in [4.78, 5) is 19.7. The molecule has 4 N–H and O–H groups in total. The summed E-state index contributed by atoms with van der Waals surface area (Å²) in [6.07, 6.45) is 5.48. The van der Waals surface area contributed by atoms with Gasteiger partial charge in [0, 0.05) is 11.5 Å². The maximum atomic E-state index is 14.0. The van der Waals surface area contributed by atoms with Gasteiger partial charge in [-0.3, -0.25) is 0 Å². The lowest BCUT2D eigenvalue weighted by Gasteiger charge is -2.15. The van der Waals surface area contributed by atoms with Gasteiger partial charge in [-0.25, -0.2) is 19.2 Å². The highest BCUT2D eigenvalue weighted by Gasteiger charge is 2.21. The number of aliphatic hydroxyl groups is 1. The van der Waals surface area contributed by atoms with E-state index in [4.69, 9.17) is 10.8 Å². The van der Waals surface area contributed by atoms with Crippen LogP contribution >= 0.6 is 0 Å². The molecule has 1 aromatic heterocycles. The van der Waals surface area contributed by atoms with Crippen molar-refractivity contribution in [2.45, 2.75) is 44.1 Å². The molecule has 0 unspecified atom stereocenters. The van der Waals surface area contributed by atoms with Gasteiger partial charge in [-0.05, 0) is 37.8 Å². The summed E-state index contributed by atoms with van der Waals surface area (Å²) in [6, 6.07) is 3.79. The van der Waals surface area contributed by atoms with Crippen molar-refractivity contribution in [3.05, 3.63) is 41.5 Å². The fourth-order valence-corrected chi connectivity index (χ4v) is 3.23. The van der Waals surface area contributed by atoms with Gasteiger partial charge in [0.1, 0.15) is 17.3 Å². The van der Waals surface area contributed by atoms with Crippen molar-refractivity contribution in [3.63, 3.8) is 0 Å². The first kappa shape index (κ1) is 17.3. The van der Waals surface area contributed by atoms with Gasteiger partial charge >= 0.3 is 5.97 Å². The molecule has 0 amide bonds. The second kappa shape index (κ2) is 7.14. The molecule has 3 rings (SSSR count).